The number of hydrogen-bond donors (Lipinski definition) is 1. The second kappa shape index (κ2) is 4.06. The molecule has 0 radical (unpaired) electrons. The Bertz CT molecular complexity index is 599. The lowest BCUT2D eigenvalue weighted by molar-refractivity contribution is 0.0744. The molecule has 2 N–H and O–H groups in total. The van der Waals surface area contributed by atoms with Crippen molar-refractivity contribution in [1.29, 1.82) is 0 Å². The summed E-state index contributed by atoms with van der Waals surface area (Å²) >= 11 is 0. The van der Waals surface area contributed by atoms with Crippen LogP contribution in [0.3, 0.4) is 0 Å². The van der Waals surface area contributed by atoms with E-state index in [1.54, 1.807) is 35.5 Å². The molecule has 3 rings (SSSR count). The Balaban J connectivity index is 1.84. The van der Waals surface area contributed by atoms with E-state index in [0.29, 0.717) is 18.8 Å². The molecular weight excluding hydrogens is 230 g/mol. The summed E-state index contributed by atoms with van der Waals surface area (Å²) in [5, 5.41) is 0. The number of carbonyl (C=O) groups is 1. The minimum Gasteiger partial charge on any atom is -0.368 e. The van der Waals surface area contributed by atoms with Crippen LogP contribution >= 0.6 is 0 Å². The van der Waals surface area contributed by atoms with Gasteiger partial charge in [-0.05, 0) is 12.1 Å². The number of aromatic nitrogens is 3. The maximum absolute atomic E-state index is 12.2. The standard InChI is InChI=1S/C12H11N5O/c13-12-15-5-8-6-17(7-10(8)16-12)11(18)9-3-1-2-4-14-9/h1-5H,6-7H2,(H2,13,15,16). The summed E-state index contributed by atoms with van der Waals surface area (Å²) in [6, 6.07) is 5.27. The normalized spacial score (nSPS) is 13.4. The molecule has 1 aliphatic heterocycles. The van der Waals surface area contributed by atoms with Gasteiger partial charge in [-0.25, -0.2) is 9.97 Å². The Hall–Kier alpha value is -2.50. The van der Waals surface area contributed by atoms with Gasteiger partial charge in [-0.3, -0.25) is 9.78 Å². The summed E-state index contributed by atoms with van der Waals surface area (Å²) in [5.41, 5.74) is 7.71. The lowest BCUT2D eigenvalue weighted by Gasteiger charge is -2.13. The van der Waals surface area contributed by atoms with Gasteiger partial charge in [-0.2, -0.15) is 0 Å². The zero-order valence-electron chi connectivity index (χ0n) is 9.58. The molecule has 0 spiro atoms. The van der Waals surface area contributed by atoms with Crippen molar-refractivity contribution in [2.24, 2.45) is 0 Å². The fourth-order valence-corrected chi connectivity index (χ4v) is 1.96. The molecule has 2 aromatic rings. The highest BCUT2D eigenvalue weighted by Gasteiger charge is 2.26. The van der Waals surface area contributed by atoms with Crippen molar-refractivity contribution in [2.75, 3.05) is 5.73 Å². The van der Waals surface area contributed by atoms with Gasteiger partial charge in [0.2, 0.25) is 5.95 Å². The van der Waals surface area contributed by atoms with Crippen molar-refractivity contribution in [1.82, 2.24) is 19.9 Å². The third-order valence-electron chi connectivity index (χ3n) is 2.85. The minimum absolute atomic E-state index is 0.104. The van der Waals surface area contributed by atoms with Crippen molar-refractivity contribution in [3.63, 3.8) is 0 Å². The van der Waals surface area contributed by atoms with E-state index in [9.17, 15) is 4.79 Å². The Morgan fingerprint density at radius 3 is 2.94 bits per heavy atom. The second-order valence-electron chi connectivity index (χ2n) is 4.08. The third kappa shape index (κ3) is 1.77. The van der Waals surface area contributed by atoms with Gasteiger partial charge >= 0.3 is 0 Å². The van der Waals surface area contributed by atoms with Gasteiger partial charge in [0.05, 0.1) is 12.2 Å². The zero-order valence-corrected chi connectivity index (χ0v) is 9.58. The second-order valence-corrected chi connectivity index (χ2v) is 4.08. The van der Waals surface area contributed by atoms with Crippen molar-refractivity contribution in [3.05, 3.63) is 47.5 Å². The number of amides is 1. The Labute approximate surface area is 103 Å². The predicted molar refractivity (Wildman–Crippen MR) is 64.3 cm³/mol. The van der Waals surface area contributed by atoms with Crippen molar-refractivity contribution in [2.45, 2.75) is 13.1 Å². The van der Waals surface area contributed by atoms with Crippen LogP contribution in [0.4, 0.5) is 5.95 Å². The van der Waals surface area contributed by atoms with Crippen LogP contribution in [0, 0.1) is 0 Å². The van der Waals surface area contributed by atoms with Gasteiger partial charge in [0.25, 0.3) is 5.91 Å². The highest BCUT2D eigenvalue weighted by atomic mass is 16.2. The predicted octanol–water partition coefficient (Wildman–Crippen LogP) is 0.610. The molecule has 90 valence electrons. The number of hydrogen-bond acceptors (Lipinski definition) is 5. The lowest BCUT2D eigenvalue weighted by atomic mass is 10.3. The highest BCUT2D eigenvalue weighted by Crippen LogP contribution is 2.21. The van der Waals surface area contributed by atoms with E-state index in [-0.39, 0.29) is 11.9 Å². The quantitative estimate of drug-likeness (QED) is 0.790. The summed E-state index contributed by atoms with van der Waals surface area (Å²) in [5.74, 6) is 0.132. The van der Waals surface area contributed by atoms with Crippen LogP contribution in [-0.2, 0) is 13.1 Å². The molecular formula is C12H11N5O. The zero-order chi connectivity index (χ0) is 12.5. The number of anilines is 1. The van der Waals surface area contributed by atoms with Crippen LogP contribution in [0.25, 0.3) is 0 Å². The molecule has 0 atom stereocenters. The average Bonchev–Trinajstić information content (AvgIpc) is 2.81. The van der Waals surface area contributed by atoms with Crippen LogP contribution in [0.2, 0.25) is 0 Å². The number of nitrogens with two attached hydrogens (primary N) is 1. The molecule has 0 bridgehead atoms. The molecule has 6 nitrogen and oxygen atoms in total. The number of nitrogen functional groups attached to an aromatic ring is 1. The topological polar surface area (TPSA) is 85.0 Å². The molecule has 1 aliphatic rings. The van der Waals surface area contributed by atoms with Gasteiger partial charge < -0.3 is 10.6 Å². The summed E-state index contributed by atoms with van der Waals surface area (Å²) in [6.07, 6.45) is 3.28. The molecule has 0 saturated carbocycles. The van der Waals surface area contributed by atoms with Crippen molar-refractivity contribution in [3.8, 4) is 0 Å². The molecule has 18 heavy (non-hydrogen) atoms. The highest BCUT2D eigenvalue weighted by molar-refractivity contribution is 5.92. The van der Waals surface area contributed by atoms with Crippen LogP contribution in [-0.4, -0.2) is 25.8 Å². The fraction of sp³-hybridized carbons (Fsp3) is 0.167. The lowest BCUT2D eigenvalue weighted by Crippen LogP contribution is -2.26. The van der Waals surface area contributed by atoms with Crippen molar-refractivity contribution >= 4 is 11.9 Å². The van der Waals surface area contributed by atoms with Crippen LogP contribution in [0.1, 0.15) is 21.7 Å². The maximum atomic E-state index is 12.2. The molecule has 1 amide bonds. The molecule has 6 heteroatoms. The first-order valence-corrected chi connectivity index (χ1v) is 5.54. The van der Waals surface area contributed by atoms with E-state index in [4.69, 9.17) is 5.73 Å². The van der Waals surface area contributed by atoms with Crippen LogP contribution < -0.4 is 5.73 Å². The number of pyridine rings is 1. The van der Waals surface area contributed by atoms with Gasteiger partial charge in [0.1, 0.15) is 5.69 Å². The van der Waals surface area contributed by atoms with E-state index >= 15 is 0 Å². The Morgan fingerprint density at radius 2 is 2.17 bits per heavy atom. The van der Waals surface area contributed by atoms with Crippen LogP contribution in [0.5, 0.6) is 0 Å². The van der Waals surface area contributed by atoms with E-state index in [2.05, 4.69) is 15.0 Å². The van der Waals surface area contributed by atoms with E-state index < -0.39 is 0 Å². The first kappa shape index (κ1) is 10.6. The fourth-order valence-electron chi connectivity index (χ4n) is 1.96. The SMILES string of the molecule is Nc1ncc2c(n1)CN(C(=O)c1ccccn1)C2. The van der Waals surface area contributed by atoms with Gasteiger partial charge in [0, 0.05) is 24.5 Å². The van der Waals surface area contributed by atoms with Crippen LogP contribution in [0.15, 0.2) is 30.6 Å². The smallest absolute Gasteiger partial charge is 0.273 e. The molecule has 2 aromatic heterocycles. The molecule has 0 aliphatic carbocycles. The van der Waals surface area contributed by atoms with Gasteiger partial charge in [-0.15, -0.1) is 0 Å². The Morgan fingerprint density at radius 1 is 1.28 bits per heavy atom. The monoisotopic (exact) mass is 241 g/mol. The average molecular weight is 241 g/mol. The first-order valence-electron chi connectivity index (χ1n) is 5.54. The van der Waals surface area contributed by atoms with E-state index in [1.807, 2.05) is 0 Å². The molecule has 0 fully saturated rings. The molecule has 3 heterocycles. The summed E-state index contributed by atoms with van der Waals surface area (Å²) in [4.78, 5) is 26.0. The van der Waals surface area contributed by atoms with Gasteiger partial charge in [-0.1, -0.05) is 6.07 Å². The summed E-state index contributed by atoms with van der Waals surface area (Å²) in [7, 11) is 0. The van der Waals surface area contributed by atoms with E-state index in [1.165, 1.54) is 0 Å². The minimum atomic E-state index is -0.104. The largest absolute Gasteiger partial charge is 0.368 e. The van der Waals surface area contributed by atoms with Crippen molar-refractivity contribution < 1.29 is 4.79 Å². The maximum Gasteiger partial charge on any atom is 0.273 e. The number of fused-ring (bicyclic) bond motifs is 1. The number of nitrogens with zero attached hydrogens (tertiary/aromatic N) is 4. The summed E-state index contributed by atoms with van der Waals surface area (Å²) < 4.78 is 0. The number of carbonyl (C=O) groups excluding carboxylic acids is 1. The van der Waals surface area contributed by atoms with E-state index in [0.717, 1.165) is 11.3 Å². The molecule has 0 unspecified atom stereocenters. The first-order chi connectivity index (χ1) is 8.74. The summed E-state index contributed by atoms with van der Waals surface area (Å²) in [6.45, 7) is 0.961. The van der Waals surface area contributed by atoms with Gasteiger partial charge in [0.15, 0.2) is 0 Å². The molecule has 0 aromatic carbocycles. The number of rotatable bonds is 1. The molecule has 0 saturated heterocycles. The third-order valence-corrected chi connectivity index (χ3v) is 2.85. The Kier molecular flexibility index (Phi) is 2.40.